The SMILES string of the molecule is NC(=O)CCNc1ccc(C(N)=S)cc1. The minimum atomic E-state index is -0.317. The van der Waals surface area contributed by atoms with Gasteiger partial charge in [0.1, 0.15) is 4.99 Å². The van der Waals surface area contributed by atoms with Crippen LogP contribution in [0.5, 0.6) is 0 Å². The third-order valence-electron chi connectivity index (χ3n) is 1.87. The minimum Gasteiger partial charge on any atom is -0.389 e. The van der Waals surface area contributed by atoms with Gasteiger partial charge >= 0.3 is 0 Å². The first-order valence-corrected chi connectivity index (χ1v) is 4.92. The van der Waals surface area contributed by atoms with Gasteiger partial charge in [0, 0.05) is 24.2 Å². The van der Waals surface area contributed by atoms with E-state index in [1.54, 1.807) is 0 Å². The first-order chi connectivity index (χ1) is 7.09. The van der Waals surface area contributed by atoms with Gasteiger partial charge in [0.05, 0.1) is 0 Å². The van der Waals surface area contributed by atoms with E-state index in [1.807, 2.05) is 24.3 Å². The lowest BCUT2D eigenvalue weighted by atomic mass is 10.2. The van der Waals surface area contributed by atoms with Gasteiger partial charge in [-0.05, 0) is 24.3 Å². The Morgan fingerprint density at radius 1 is 1.27 bits per heavy atom. The van der Waals surface area contributed by atoms with Gasteiger partial charge in [-0.3, -0.25) is 4.79 Å². The van der Waals surface area contributed by atoms with Crippen LogP contribution in [0.15, 0.2) is 24.3 Å². The van der Waals surface area contributed by atoms with Gasteiger partial charge in [0.25, 0.3) is 0 Å². The molecule has 0 radical (unpaired) electrons. The Morgan fingerprint density at radius 3 is 2.33 bits per heavy atom. The normalized spacial score (nSPS) is 9.60. The van der Waals surface area contributed by atoms with Crippen molar-refractivity contribution in [3.63, 3.8) is 0 Å². The molecule has 15 heavy (non-hydrogen) atoms. The van der Waals surface area contributed by atoms with E-state index in [0.717, 1.165) is 11.3 Å². The highest BCUT2D eigenvalue weighted by atomic mass is 32.1. The van der Waals surface area contributed by atoms with Gasteiger partial charge in [-0.25, -0.2) is 0 Å². The fraction of sp³-hybridized carbons (Fsp3) is 0.200. The molecule has 0 aliphatic heterocycles. The molecule has 5 N–H and O–H groups in total. The summed E-state index contributed by atoms with van der Waals surface area (Å²) in [5.41, 5.74) is 12.2. The number of thiocarbonyl (C=S) groups is 1. The molecule has 0 aromatic heterocycles. The van der Waals surface area contributed by atoms with E-state index in [2.05, 4.69) is 5.32 Å². The molecule has 0 unspecified atom stereocenters. The molecule has 1 aromatic carbocycles. The summed E-state index contributed by atoms with van der Waals surface area (Å²) in [6, 6.07) is 7.37. The molecule has 0 saturated carbocycles. The molecule has 1 rings (SSSR count). The second-order valence-electron chi connectivity index (χ2n) is 3.08. The van der Waals surface area contributed by atoms with Crippen molar-refractivity contribution >= 4 is 28.8 Å². The number of nitrogens with one attached hydrogen (secondary N) is 1. The van der Waals surface area contributed by atoms with Crippen molar-refractivity contribution in [3.8, 4) is 0 Å². The quantitative estimate of drug-likeness (QED) is 0.639. The maximum atomic E-state index is 10.5. The van der Waals surface area contributed by atoms with E-state index in [0.29, 0.717) is 18.0 Å². The summed E-state index contributed by atoms with van der Waals surface area (Å²) in [7, 11) is 0. The lowest BCUT2D eigenvalue weighted by Gasteiger charge is -2.05. The Bertz CT molecular complexity index is 361. The summed E-state index contributed by atoms with van der Waals surface area (Å²) >= 11 is 4.82. The van der Waals surface area contributed by atoms with Crippen LogP contribution in [-0.2, 0) is 4.79 Å². The highest BCUT2D eigenvalue weighted by Crippen LogP contribution is 2.09. The third-order valence-corrected chi connectivity index (χ3v) is 2.11. The summed E-state index contributed by atoms with van der Waals surface area (Å²) in [4.78, 5) is 10.9. The maximum absolute atomic E-state index is 10.5. The summed E-state index contributed by atoms with van der Waals surface area (Å²) in [5, 5.41) is 3.06. The summed E-state index contributed by atoms with van der Waals surface area (Å²) in [6.45, 7) is 0.530. The Labute approximate surface area is 93.6 Å². The molecule has 5 heteroatoms. The van der Waals surface area contributed by atoms with Gasteiger partial charge in [0.15, 0.2) is 0 Å². The Hall–Kier alpha value is -1.62. The molecule has 1 amide bonds. The van der Waals surface area contributed by atoms with Crippen molar-refractivity contribution < 1.29 is 4.79 Å². The number of carbonyl (C=O) groups excluding carboxylic acids is 1. The summed E-state index contributed by atoms with van der Waals surface area (Å²) in [5.74, 6) is -0.317. The number of amides is 1. The van der Waals surface area contributed by atoms with Crippen molar-refractivity contribution in [2.24, 2.45) is 11.5 Å². The predicted molar refractivity (Wildman–Crippen MR) is 64.6 cm³/mol. The standard InChI is InChI=1S/C10H13N3OS/c11-9(14)5-6-13-8-3-1-7(2-4-8)10(12)15/h1-4,13H,5-6H2,(H2,11,14)(H2,12,15). The molecule has 0 aliphatic carbocycles. The largest absolute Gasteiger partial charge is 0.389 e. The number of carbonyl (C=O) groups is 1. The molecule has 0 heterocycles. The van der Waals surface area contributed by atoms with Gasteiger partial charge in [-0.2, -0.15) is 0 Å². The second-order valence-corrected chi connectivity index (χ2v) is 3.52. The predicted octanol–water partition coefficient (Wildman–Crippen LogP) is 0.608. The van der Waals surface area contributed by atoms with Crippen LogP contribution in [-0.4, -0.2) is 17.4 Å². The maximum Gasteiger partial charge on any atom is 0.219 e. The zero-order valence-corrected chi connectivity index (χ0v) is 9.01. The van der Waals surface area contributed by atoms with Crippen molar-refractivity contribution in [1.82, 2.24) is 0 Å². The van der Waals surface area contributed by atoms with Crippen LogP contribution in [0.4, 0.5) is 5.69 Å². The van der Waals surface area contributed by atoms with Crippen LogP contribution in [0, 0.1) is 0 Å². The van der Waals surface area contributed by atoms with E-state index >= 15 is 0 Å². The Morgan fingerprint density at radius 2 is 1.87 bits per heavy atom. The number of hydrogen-bond acceptors (Lipinski definition) is 3. The van der Waals surface area contributed by atoms with Crippen LogP contribution >= 0.6 is 12.2 Å². The van der Waals surface area contributed by atoms with E-state index in [-0.39, 0.29) is 5.91 Å². The van der Waals surface area contributed by atoms with Crippen LogP contribution in [0.2, 0.25) is 0 Å². The molecule has 80 valence electrons. The second kappa shape index (κ2) is 5.31. The van der Waals surface area contributed by atoms with Gasteiger partial charge < -0.3 is 16.8 Å². The lowest BCUT2D eigenvalue weighted by molar-refractivity contribution is -0.117. The Balaban J connectivity index is 2.50. The molecule has 0 aliphatic rings. The van der Waals surface area contributed by atoms with Crippen LogP contribution in [0.3, 0.4) is 0 Å². The molecule has 4 nitrogen and oxygen atoms in total. The number of primary amides is 1. The molecular weight excluding hydrogens is 210 g/mol. The summed E-state index contributed by atoms with van der Waals surface area (Å²) in [6.07, 6.45) is 0.317. The molecule has 0 fully saturated rings. The minimum absolute atomic E-state index is 0.317. The highest BCUT2D eigenvalue weighted by Gasteiger charge is 1.97. The van der Waals surface area contributed by atoms with Crippen LogP contribution in [0.25, 0.3) is 0 Å². The van der Waals surface area contributed by atoms with Crippen molar-refractivity contribution in [3.05, 3.63) is 29.8 Å². The number of benzene rings is 1. The fourth-order valence-electron chi connectivity index (χ4n) is 1.08. The molecule has 0 saturated heterocycles. The van der Waals surface area contributed by atoms with Gasteiger partial charge in [-0.15, -0.1) is 0 Å². The number of rotatable bonds is 5. The van der Waals surface area contributed by atoms with Crippen molar-refractivity contribution in [1.29, 1.82) is 0 Å². The van der Waals surface area contributed by atoms with Crippen LogP contribution < -0.4 is 16.8 Å². The third kappa shape index (κ3) is 3.95. The van der Waals surface area contributed by atoms with E-state index in [1.165, 1.54) is 0 Å². The molecule has 0 atom stereocenters. The van der Waals surface area contributed by atoms with E-state index in [9.17, 15) is 4.79 Å². The fourth-order valence-corrected chi connectivity index (χ4v) is 1.22. The monoisotopic (exact) mass is 223 g/mol. The van der Waals surface area contributed by atoms with E-state index in [4.69, 9.17) is 23.7 Å². The molecule has 1 aromatic rings. The number of nitrogens with two attached hydrogens (primary N) is 2. The zero-order chi connectivity index (χ0) is 11.3. The van der Waals surface area contributed by atoms with Crippen molar-refractivity contribution in [2.45, 2.75) is 6.42 Å². The zero-order valence-electron chi connectivity index (χ0n) is 8.19. The lowest BCUT2D eigenvalue weighted by Crippen LogP contribution is -2.16. The number of anilines is 1. The van der Waals surface area contributed by atoms with Crippen molar-refractivity contribution in [2.75, 3.05) is 11.9 Å². The first kappa shape index (κ1) is 11.5. The average Bonchev–Trinajstić information content (AvgIpc) is 2.18. The first-order valence-electron chi connectivity index (χ1n) is 4.51. The Kier molecular flexibility index (Phi) is 4.05. The topological polar surface area (TPSA) is 81.1 Å². The molecule has 0 bridgehead atoms. The summed E-state index contributed by atoms with van der Waals surface area (Å²) < 4.78 is 0. The molecular formula is C10H13N3OS. The number of hydrogen-bond donors (Lipinski definition) is 3. The average molecular weight is 223 g/mol. The van der Waals surface area contributed by atoms with E-state index < -0.39 is 0 Å². The highest BCUT2D eigenvalue weighted by molar-refractivity contribution is 7.80. The smallest absolute Gasteiger partial charge is 0.219 e. The van der Waals surface area contributed by atoms with Gasteiger partial charge in [0.2, 0.25) is 5.91 Å². The van der Waals surface area contributed by atoms with Crippen LogP contribution in [0.1, 0.15) is 12.0 Å². The molecule has 0 spiro atoms. The van der Waals surface area contributed by atoms with Gasteiger partial charge in [-0.1, -0.05) is 12.2 Å².